The fraction of sp³-hybridized carbons (Fsp3) is 0. The maximum absolute atomic E-state index is 13.3. The van der Waals surface area contributed by atoms with E-state index in [-0.39, 0.29) is 11.3 Å². The van der Waals surface area contributed by atoms with Crippen molar-refractivity contribution in [2.24, 2.45) is 0 Å². The third-order valence-electron chi connectivity index (χ3n) is 2.17. The van der Waals surface area contributed by atoms with Crippen LogP contribution in [0, 0.1) is 5.82 Å². The Labute approximate surface area is 97.1 Å². The van der Waals surface area contributed by atoms with Gasteiger partial charge in [-0.1, -0.05) is 12.1 Å². The van der Waals surface area contributed by atoms with E-state index < -0.39 is 11.8 Å². The summed E-state index contributed by atoms with van der Waals surface area (Å²) < 4.78 is 18.5. The van der Waals surface area contributed by atoms with Gasteiger partial charge >= 0.3 is 5.97 Å². The molecule has 2 aromatic rings. The van der Waals surface area contributed by atoms with Gasteiger partial charge in [0.1, 0.15) is 5.75 Å². The number of carboxylic acids is 1. The summed E-state index contributed by atoms with van der Waals surface area (Å²) in [6.07, 6.45) is 0. The average molecular weight is 232 g/mol. The minimum absolute atomic E-state index is 0.107. The van der Waals surface area contributed by atoms with E-state index in [0.29, 0.717) is 5.75 Å². The zero-order valence-corrected chi connectivity index (χ0v) is 8.76. The molecular formula is C13H9FO3. The topological polar surface area (TPSA) is 46.5 Å². The highest BCUT2D eigenvalue weighted by molar-refractivity contribution is 5.87. The van der Waals surface area contributed by atoms with Gasteiger partial charge in [0.2, 0.25) is 0 Å². The normalized spacial score (nSPS) is 9.94. The summed E-state index contributed by atoms with van der Waals surface area (Å²) in [5.74, 6) is -0.979. The van der Waals surface area contributed by atoms with Crippen molar-refractivity contribution in [1.29, 1.82) is 0 Å². The number of para-hydroxylation sites is 1. The Bertz CT molecular complexity index is 535. The van der Waals surface area contributed by atoms with Gasteiger partial charge in [0, 0.05) is 0 Å². The number of hydrogen-bond donors (Lipinski definition) is 1. The summed E-state index contributed by atoms with van der Waals surface area (Å²) in [7, 11) is 0. The van der Waals surface area contributed by atoms with Gasteiger partial charge in [0.25, 0.3) is 0 Å². The second-order valence-electron chi connectivity index (χ2n) is 3.36. The molecule has 0 radical (unpaired) electrons. The number of benzene rings is 2. The van der Waals surface area contributed by atoms with Crippen molar-refractivity contribution in [3.63, 3.8) is 0 Å². The minimum Gasteiger partial charge on any atom is -0.478 e. The number of carboxylic acid groups (broad SMARTS) is 1. The third-order valence-corrected chi connectivity index (χ3v) is 2.17. The molecule has 0 aromatic heterocycles. The standard InChI is InChI=1S/C13H9FO3/c14-11-3-1-2-4-12(11)17-10-7-5-9(6-8-10)13(15)16/h1-8H,(H,15,16). The molecule has 0 bridgehead atoms. The van der Waals surface area contributed by atoms with Crippen LogP contribution in [-0.2, 0) is 0 Å². The summed E-state index contributed by atoms with van der Waals surface area (Å²) in [5, 5.41) is 8.71. The summed E-state index contributed by atoms with van der Waals surface area (Å²) >= 11 is 0. The predicted octanol–water partition coefficient (Wildman–Crippen LogP) is 3.32. The summed E-state index contributed by atoms with van der Waals surface area (Å²) in [6.45, 7) is 0. The molecule has 0 heterocycles. The van der Waals surface area contributed by atoms with E-state index in [0.717, 1.165) is 0 Å². The first-order valence-electron chi connectivity index (χ1n) is 4.92. The van der Waals surface area contributed by atoms with Crippen LogP contribution < -0.4 is 4.74 Å². The van der Waals surface area contributed by atoms with Gasteiger partial charge in [0.15, 0.2) is 11.6 Å². The number of aromatic carboxylic acids is 1. The van der Waals surface area contributed by atoms with Crippen LogP contribution in [0.15, 0.2) is 48.5 Å². The summed E-state index contributed by atoms with van der Waals surface area (Å²) in [6, 6.07) is 11.8. The van der Waals surface area contributed by atoms with E-state index in [2.05, 4.69) is 0 Å². The highest BCUT2D eigenvalue weighted by Gasteiger charge is 2.05. The van der Waals surface area contributed by atoms with Gasteiger partial charge in [-0.05, 0) is 36.4 Å². The fourth-order valence-corrected chi connectivity index (χ4v) is 1.32. The Hall–Kier alpha value is -2.36. The predicted molar refractivity (Wildman–Crippen MR) is 59.9 cm³/mol. The maximum Gasteiger partial charge on any atom is 0.335 e. The Morgan fingerprint density at radius 3 is 2.29 bits per heavy atom. The van der Waals surface area contributed by atoms with Gasteiger partial charge in [0.05, 0.1) is 5.56 Å². The quantitative estimate of drug-likeness (QED) is 0.882. The van der Waals surface area contributed by atoms with Crippen LogP contribution in [0.5, 0.6) is 11.5 Å². The smallest absolute Gasteiger partial charge is 0.335 e. The number of rotatable bonds is 3. The molecule has 17 heavy (non-hydrogen) atoms. The first-order valence-corrected chi connectivity index (χ1v) is 4.92. The molecule has 0 atom stereocenters. The molecule has 86 valence electrons. The number of carbonyl (C=O) groups is 1. The van der Waals surface area contributed by atoms with Crippen molar-refractivity contribution in [3.8, 4) is 11.5 Å². The molecule has 0 saturated carbocycles. The third kappa shape index (κ3) is 2.60. The molecule has 4 heteroatoms. The van der Waals surface area contributed by atoms with Crippen LogP contribution in [0.25, 0.3) is 0 Å². The van der Waals surface area contributed by atoms with Gasteiger partial charge in [-0.3, -0.25) is 0 Å². The second kappa shape index (κ2) is 4.65. The fourth-order valence-electron chi connectivity index (χ4n) is 1.32. The molecule has 2 aromatic carbocycles. The van der Waals surface area contributed by atoms with E-state index in [9.17, 15) is 9.18 Å². The van der Waals surface area contributed by atoms with Crippen LogP contribution in [0.1, 0.15) is 10.4 Å². The molecule has 0 unspecified atom stereocenters. The van der Waals surface area contributed by atoms with Crippen LogP contribution >= 0.6 is 0 Å². The van der Waals surface area contributed by atoms with E-state index in [1.165, 1.54) is 36.4 Å². The minimum atomic E-state index is -1.01. The van der Waals surface area contributed by atoms with E-state index in [1.54, 1.807) is 12.1 Å². The lowest BCUT2D eigenvalue weighted by Crippen LogP contribution is -1.95. The van der Waals surface area contributed by atoms with Crippen LogP contribution in [-0.4, -0.2) is 11.1 Å². The molecule has 1 N–H and O–H groups in total. The molecule has 3 nitrogen and oxygen atoms in total. The Morgan fingerprint density at radius 2 is 1.71 bits per heavy atom. The molecule has 2 rings (SSSR count). The lowest BCUT2D eigenvalue weighted by Gasteiger charge is -2.06. The molecule has 0 aliphatic carbocycles. The number of ether oxygens (including phenoxy) is 1. The van der Waals surface area contributed by atoms with Crippen LogP contribution in [0.3, 0.4) is 0 Å². The Balaban J connectivity index is 2.20. The highest BCUT2D eigenvalue weighted by Crippen LogP contribution is 2.24. The van der Waals surface area contributed by atoms with E-state index >= 15 is 0 Å². The summed E-state index contributed by atoms with van der Waals surface area (Å²) in [4.78, 5) is 10.6. The number of hydrogen-bond acceptors (Lipinski definition) is 2. The van der Waals surface area contributed by atoms with Crippen molar-refractivity contribution in [2.75, 3.05) is 0 Å². The van der Waals surface area contributed by atoms with Crippen molar-refractivity contribution in [2.45, 2.75) is 0 Å². The molecule has 0 amide bonds. The molecular weight excluding hydrogens is 223 g/mol. The van der Waals surface area contributed by atoms with Crippen molar-refractivity contribution >= 4 is 5.97 Å². The van der Waals surface area contributed by atoms with Gasteiger partial charge in [-0.2, -0.15) is 0 Å². The molecule has 0 fully saturated rings. The lowest BCUT2D eigenvalue weighted by molar-refractivity contribution is 0.0697. The Kier molecular flexibility index (Phi) is 3.05. The first kappa shape index (κ1) is 11.1. The average Bonchev–Trinajstić information content (AvgIpc) is 2.33. The number of halogens is 1. The molecule has 0 saturated heterocycles. The maximum atomic E-state index is 13.3. The van der Waals surface area contributed by atoms with Gasteiger partial charge in [-0.15, -0.1) is 0 Å². The zero-order chi connectivity index (χ0) is 12.3. The van der Waals surface area contributed by atoms with Gasteiger partial charge < -0.3 is 9.84 Å². The van der Waals surface area contributed by atoms with E-state index in [1.807, 2.05) is 0 Å². The van der Waals surface area contributed by atoms with Crippen molar-refractivity contribution in [3.05, 3.63) is 59.9 Å². The highest BCUT2D eigenvalue weighted by atomic mass is 19.1. The second-order valence-corrected chi connectivity index (χ2v) is 3.36. The summed E-state index contributed by atoms with van der Waals surface area (Å²) in [5.41, 5.74) is 0.158. The lowest BCUT2D eigenvalue weighted by atomic mass is 10.2. The van der Waals surface area contributed by atoms with Crippen molar-refractivity contribution < 1.29 is 19.0 Å². The van der Waals surface area contributed by atoms with E-state index in [4.69, 9.17) is 9.84 Å². The first-order chi connectivity index (χ1) is 8.16. The SMILES string of the molecule is O=C(O)c1ccc(Oc2ccccc2F)cc1. The molecule has 0 aliphatic rings. The van der Waals surface area contributed by atoms with Crippen LogP contribution in [0.2, 0.25) is 0 Å². The molecule has 0 spiro atoms. The van der Waals surface area contributed by atoms with Crippen LogP contribution in [0.4, 0.5) is 4.39 Å². The Morgan fingerprint density at radius 1 is 1.06 bits per heavy atom. The van der Waals surface area contributed by atoms with Gasteiger partial charge in [-0.25, -0.2) is 9.18 Å². The largest absolute Gasteiger partial charge is 0.478 e. The monoisotopic (exact) mass is 232 g/mol. The zero-order valence-electron chi connectivity index (χ0n) is 8.76. The molecule has 0 aliphatic heterocycles. The van der Waals surface area contributed by atoms with Crippen molar-refractivity contribution in [1.82, 2.24) is 0 Å².